The molecule has 0 saturated heterocycles. The van der Waals surface area contributed by atoms with E-state index < -0.39 is 35.8 Å². The van der Waals surface area contributed by atoms with Crippen molar-refractivity contribution in [1.82, 2.24) is 0 Å². The predicted molar refractivity (Wildman–Crippen MR) is 152 cm³/mol. The Morgan fingerprint density at radius 1 is 0.872 bits per heavy atom. The summed E-state index contributed by atoms with van der Waals surface area (Å²) < 4.78 is 72.1. The molecule has 205 valence electrons. The van der Waals surface area contributed by atoms with Crippen LogP contribution in [0.5, 0.6) is 5.75 Å². The van der Waals surface area contributed by atoms with Gasteiger partial charge in [-0.05, 0) is 80.8 Å². The largest absolute Gasteiger partial charge is 0.744 e. The number of anilines is 1. The Balaban J connectivity index is 0.00000533. The molecular weight excluding hydrogens is 551 g/mol. The second-order valence-corrected chi connectivity index (χ2v) is 11.3. The summed E-state index contributed by atoms with van der Waals surface area (Å²) in [6.45, 7) is 11.2. The molecule has 9 nitrogen and oxygen atoms in total. The van der Waals surface area contributed by atoms with Crippen LogP contribution >= 0.6 is 0 Å². The maximum absolute atomic E-state index is 12.3. The number of rotatable bonds is 9. The minimum absolute atomic E-state index is 0. The van der Waals surface area contributed by atoms with Crippen LogP contribution in [-0.4, -0.2) is 97.1 Å². The van der Waals surface area contributed by atoms with Crippen molar-refractivity contribution in [1.29, 1.82) is 0 Å². The van der Waals surface area contributed by atoms with Gasteiger partial charge in [0.05, 0.1) is 4.90 Å². The van der Waals surface area contributed by atoms with Crippen molar-refractivity contribution in [3.8, 4) is 5.75 Å². The monoisotopic (exact) mass is 583 g/mol. The molecule has 0 aliphatic heterocycles. The van der Waals surface area contributed by atoms with E-state index >= 15 is 0 Å². The average Bonchev–Trinajstić information content (AvgIpc) is 2.86. The Morgan fingerprint density at radius 2 is 1.41 bits per heavy atom. The molecule has 1 radical (unpaired) electrons. The van der Waals surface area contributed by atoms with E-state index in [-0.39, 0.29) is 35.1 Å². The first-order valence-electron chi connectivity index (χ1n) is 12.2. The average molecular weight is 584 g/mol. The third-order valence-corrected chi connectivity index (χ3v) is 8.21. The zero-order valence-electron chi connectivity index (χ0n) is 22.7. The molecular formula is C27H32N2NaO7S2. The van der Waals surface area contributed by atoms with Gasteiger partial charge in [-0.1, -0.05) is 12.1 Å². The van der Waals surface area contributed by atoms with E-state index in [0.29, 0.717) is 22.8 Å². The Morgan fingerprint density at radius 3 is 1.85 bits per heavy atom. The number of allylic oxidation sites excluding steroid dienone is 5. The van der Waals surface area contributed by atoms with Gasteiger partial charge in [-0.2, -0.15) is 8.42 Å². The number of hydrogen-bond acceptors (Lipinski definition) is 7. The van der Waals surface area contributed by atoms with Gasteiger partial charge >= 0.3 is 0 Å². The van der Waals surface area contributed by atoms with Crippen molar-refractivity contribution >= 4 is 66.8 Å². The van der Waals surface area contributed by atoms with E-state index in [2.05, 4.69) is 9.48 Å². The van der Waals surface area contributed by atoms with Gasteiger partial charge < -0.3 is 14.6 Å². The van der Waals surface area contributed by atoms with Gasteiger partial charge in [0, 0.05) is 66.0 Å². The molecule has 0 bridgehead atoms. The molecule has 3 rings (SSSR count). The van der Waals surface area contributed by atoms with E-state index in [1.165, 1.54) is 0 Å². The molecule has 2 aromatic carbocycles. The van der Waals surface area contributed by atoms with Gasteiger partial charge in [0.2, 0.25) is 0 Å². The first-order valence-corrected chi connectivity index (χ1v) is 15.1. The number of phenols is 1. The van der Waals surface area contributed by atoms with E-state index in [0.717, 1.165) is 43.6 Å². The fraction of sp³-hybridized carbons (Fsp3) is 0.296. The van der Waals surface area contributed by atoms with Crippen LogP contribution in [0.3, 0.4) is 0 Å². The van der Waals surface area contributed by atoms with Crippen LogP contribution in [0, 0.1) is 0 Å². The summed E-state index contributed by atoms with van der Waals surface area (Å²) >= 11 is 0. The molecule has 0 atom stereocenters. The van der Waals surface area contributed by atoms with Crippen LogP contribution in [0.15, 0.2) is 76.1 Å². The maximum Gasteiger partial charge on any atom is 0.298 e. The summed E-state index contributed by atoms with van der Waals surface area (Å²) in [5.41, 5.74) is 3.08. The third kappa shape index (κ3) is 7.49. The van der Waals surface area contributed by atoms with Crippen LogP contribution in [-0.2, 0) is 20.2 Å². The van der Waals surface area contributed by atoms with E-state index in [4.69, 9.17) is 0 Å². The normalized spacial score (nSPS) is 13.3. The fourth-order valence-corrected chi connectivity index (χ4v) is 5.85. The summed E-state index contributed by atoms with van der Waals surface area (Å²) in [5.74, 6) is -0.882. The Bertz CT molecular complexity index is 1530. The van der Waals surface area contributed by atoms with Crippen molar-refractivity contribution in [2.45, 2.75) is 37.5 Å². The summed E-state index contributed by atoms with van der Waals surface area (Å²) in [5, 5.41) is 10.5. The molecule has 39 heavy (non-hydrogen) atoms. The van der Waals surface area contributed by atoms with Crippen LogP contribution in [0.25, 0.3) is 5.57 Å². The zero-order chi connectivity index (χ0) is 28.3. The minimum Gasteiger partial charge on any atom is -0.744 e. The maximum atomic E-state index is 12.3. The predicted octanol–water partition coefficient (Wildman–Crippen LogP) is 3.43. The van der Waals surface area contributed by atoms with Gasteiger partial charge in [0.25, 0.3) is 10.1 Å². The molecule has 0 amide bonds. The van der Waals surface area contributed by atoms with Crippen LogP contribution < -0.4 is 4.90 Å². The second kappa shape index (κ2) is 13.4. The fourth-order valence-electron chi connectivity index (χ4n) is 4.49. The van der Waals surface area contributed by atoms with Crippen LogP contribution in [0.4, 0.5) is 5.69 Å². The number of nitrogens with zero attached hydrogens (tertiary/aromatic N) is 2. The first-order chi connectivity index (χ1) is 17.8. The molecule has 2 aromatic rings. The summed E-state index contributed by atoms with van der Waals surface area (Å²) in [6, 6.07) is 8.66. The van der Waals surface area contributed by atoms with Gasteiger partial charge in [-0.25, -0.2) is 13.0 Å². The van der Waals surface area contributed by atoms with Crippen molar-refractivity contribution in [2.75, 3.05) is 31.1 Å². The standard InChI is InChI=1S/C27H32N2O7S2.Na/c1-5-28(6-2)21-13-9-19(10-14-21)27(20-11-15-22(16-12-20)29(7-3)8-4)23-17-24(30)26(38(34,35)36)18-25(23)37(31,32)33;/h9-18H,5-8H2,1-4H3,(H2-,30,31,32,33,34,35,36);. The molecule has 0 unspecified atom stereocenters. The number of aromatic hydroxyl groups is 1. The molecule has 0 spiro atoms. The molecule has 0 heterocycles. The zero-order valence-corrected chi connectivity index (χ0v) is 26.4. The SMILES string of the molecule is CCN(CC)c1ccc(C(=C2C=CC(=[N+](CC)CC)C=C2)c2cc(O)c(S(=O)(=O)O)cc2S(=O)(=O)[O-])cc1.[Na]. The van der Waals surface area contributed by atoms with Gasteiger partial charge in [0.15, 0.2) is 5.71 Å². The van der Waals surface area contributed by atoms with E-state index in [9.17, 15) is 31.0 Å². The molecule has 0 aromatic heterocycles. The number of benzene rings is 2. The van der Waals surface area contributed by atoms with Gasteiger partial charge in [0.1, 0.15) is 33.9 Å². The smallest absolute Gasteiger partial charge is 0.298 e. The Hall–Kier alpha value is -2.25. The first kappa shape index (κ1) is 33.0. The Kier molecular flexibility index (Phi) is 11.3. The summed E-state index contributed by atoms with van der Waals surface area (Å²) in [7, 11) is -10.2. The quantitative estimate of drug-likeness (QED) is 0.260. The van der Waals surface area contributed by atoms with Crippen molar-refractivity contribution in [3.05, 3.63) is 77.4 Å². The van der Waals surface area contributed by atoms with Gasteiger partial charge in [-0.15, -0.1) is 0 Å². The minimum atomic E-state index is -5.23. The van der Waals surface area contributed by atoms with Crippen molar-refractivity contribution < 1.29 is 35.6 Å². The van der Waals surface area contributed by atoms with Crippen LogP contribution in [0.2, 0.25) is 0 Å². The molecule has 0 saturated carbocycles. The molecule has 0 fully saturated rings. The summed E-state index contributed by atoms with van der Waals surface area (Å²) in [6.07, 6.45) is 7.28. The molecule has 1 aliphatic carbocycles. The van der Waals surface area contributed by atoms with E-state index in [1.807, 2.05) is 52.0 Å². The topological polar surface area (TPSA) is 138 Å². The number of phenolic OH excluding ortho intramolecular Hbond substituents is 1. The summed E-state index contributed by atoms with van der Waals surface area (Å²) in [4.78, 5) is 0.185. The number of hydrogen-bond donors (Lipinski definition) is 2. The molecule has 1 aliphatic rings. The Labute approximate surface area is 252 Å². The van der Waals surface area contributed by atoms with Crippen molar-refractivity contribution in [3.63, 3.8) is 0 Å². The van der Waals surface area contributed by atoms with Gasteiger partial charge in [-0.3, -0.25) is 4.55 Å². The molecule has 2 N–H and O–H groups in total. The molecule has 12 heteroatoms. The van der Waals surface area contributed by atoms with Crippen LogP contribution in [0.1, 0.15) is 38.8 Å². The third-order valence-electron chi connectivity index (χ3n) is 6.45. The van der Waals surface area contributed by atoms with E-state index in [1.54, 1.807) is 24.3 Å². The second-order valence-electron chi connectivity index (χ2n) is 8.56. The van der Waals surface area contributed by atoms with Crippen molar-refractivity contribution in [2.24, 2.45) is 0 Å².